The van der Waals surface area contributed by atoms with E-state index >= 15 is 0 Å². The number of nitrogens with one attached hydrogen (secondary N) is 2. The molecule has 2 aromatic carbocycles. The van der Waals surface area contributed by atoms with Crippen LogP contribution in [-0.4, -0.2) is 82.7 Å². The van der Waals surface area contributed by atoms with Gasteiger partial charge in [0, 0.05) is 62.8 Å². The van der Waals surface area contributed by atoms with Crippen LogP contribution < -0.4 is 10.6 Å². The molecule has 0 bridgehead atoms. The maximum atomic E-state index is 14.0. The van der Waals surface area contributed by atoms with Gasteiger partial charge in [0.1, 0.15) is 11.1 Å². The quantitative estimate of drug-likeness (QED) is 0.148. The van der Waals surface area contributed by atoms with E-state index in [9.17, 15) is 23.5 Å². The van der Waals surface area contributed by atoms with E-state index in [0.717, 1.165) is 28.9 Å². The average molecular weight is 774 g/mol. The standard InChI is InChI=1S/C39H42ClF2N9O4/c1-21-24(8-6-10-26(21)44-34-32-28(45-35(48-34)33(41)42)16-22(17-43-32)18-50-14-12-23(52)19-50)25-9-7-11-27(31(25)40)47-37(53)36-46-29-20-51(15-13-30(29)49(36)5)38(54)55-39(2,3)4/h6-11,16-17,23,33,52H,12-15,18-20H2,1-5H3,(H,47,53)(H,44,45,48)/t23-/m1/s1. The third-order valence-electron chi connectivity index (χ3n) is 9.69. The largest absolute Gasteiger partial charge is 0.444 e. The maximum absolute atomic E-state index is 14.0. The lowest BCUT2D eigenvalue weighted by Crippen LogP contribution is -2.40. The molecule has 5 aromatic rings. The zero-order valence-corrected chi connectivity index (χ0v) is 31.9. The number of aromatic nitrogens is 5. The molecule has 0 saturated carbocycles. The van der Waals surface area contributed by atoms with Crippen LogP contribution in [0.4, 0.5) is 30.8 Å². The number of nitrogens with zero attached hydrogens (tertiary/aromatic N) is 7. The predicted octanol–water partition coefficient (Wildman–Crippen LogP) is 7.18. The molecule has 3 aromatic heterocycles. The molecule has 2 aliphatic rings. The molecule has 0 spiro atoms. The van der Waals surface area contributed by atoms with Crippen LogP contribution in [0.25, 0.3) is 22.2 Å². The number of alkyl halides is 2. The van der Waals surface area contributed by atoms with Gasteiger partial charge in [0.25, 0.3) is 12.3 Å². The molecule has 0 aliphatic carbocycles. The molecule has 3 N–H and O–H groups in total. The van der Waals surface area contributed by atoms with Gasteiger partial charge in [0.2, 0.25) is 0 Å². The topological polar surface area (TPSA) is 151 Å². The Balaban J connectivity index is 1.12. The molecule has 288 valence electrons. The van der Waals surface area contributed by atoms with Crippen LogP contribution in [0, 0.1) is 6.92 Å². The van der Waals surface area contributed by atoms with Gasteiger partial charge in [-0.05, 0) is 69.0 Å². The number of β-amino-alcohol motifs (C(OH)–C–C–N with tert-alkyl or cyclic N) is 1. The first kappa shape index (κ1) is 38.0. The summed E-state index contributed by atoms with van der Waals surface area (Å²) in [5.41, 5.74) is 5.30. The van der Waals surface area contributed by atoms with Crippen molar-refractivity contribution in [1.29, 1.82) is 0 Å². The number of benzene rings is 2. The molecule has 13 nitrogen and oxygen atoms in total. The number of hydrogen-bond acceptors (Lipinski definition) is 10. The lowest BCUT2D eigenvalue weighted by atomic mass is 9.98. The Labute approximate surface area is 321 Å². The fourth-order valence-corrected chi connectivity index (χ4v) is 7.26. The monoisotopic (exact) mass is 773 g/mol. The van der Waals surface area contributed by atoms with Gasteiger partial charge in [-0.3, -0.25) is 14.7 Å². The second-order valence-corrected chi connectivity index (χ2v) is 15.3. The number of carbonyl (C=O) groups excluding carboxylic acids is 2. The summed E-state index contributed by atoms with van der Waals surface area (Å²) in [6.45, 7) is 9.74. The van der Waals surface area contributed by atoms with E-state index in [1.807, 2.05) is 39.8 Å². The Morgan fingerprint density at radius 3 is 2.53 bits per heavy atom. The minimum absolute atomic E-state index is 0.128. The van der Waals surface area contributed by atoms with Crippen molar-refractivity contribution in [2.45, 2.75) is 71.8 Å². The molecule has 2 aliphatic heterocycles. The molecule has 7 rings (SSSR count). The number of imidazole rings is 1. The second kappa shape index (κ2) is 15.1. The molecular weight excluding hydrogens is 732 g/mol. The zero-order chi connectivity index (χ0) is 39.2. The molecule has 1 saturated heterocycles. The number of aliphatic hydroxyl groups is 1. The Hall–Kier alpha value is -5.25. The Bertz CT molecular complexity index is 2290. The van der Waals surface area contributed by atoms with Crippen molar-refractivity contribution < 1.29 is 28.2 Å². The first-order valence-electron chi connectivity index (χ1n) is 18.0. The first-order valence-corrected chi connectivity index (χ1v) is 18.4. The Kier molecular flexibility index (Phi) is 10.5. The number of hydrogen-bond donors (Lipinski definition) is 3. The number of fused-ring (bicyclic) bond motifs is 2. The molecule has 5 heterocycles. The summed E-state index contributed by atoms with van der Waals surface area (Å²) < 4.78 is 35.3. The molecule has 1 atom stereocenters. The molecule has 16 heteroatoms. The van der Waals surface area contributed by atoms with Gasteiger partial charge in [-0.2, -0.15) is 0 Å². The molecule has 0 unspecified atom stereocenters. The van der Waals surface area contributed by atoms with E-state index in [1.165, 1.54) is 0 Å². The van der Waals surface area contributed by atoms with Crippen molar-refractivity contribution in [3.8, 4) is 11.1 Å². The minimum atomic E-state index is -2.91. The van der Waals surface area contributed by atoms with Crippen LogP contribution in [-0.2, 0) is 31.3 Å². The van der Waals surface area contributed by atoms with Crippen molar-refractivity contribution >= 4 is 51.8 Å². The van der Waals surface area contributed by atoms with E-state index in [1.54, 1.807) is 53.0 Å². The Morgan fingerprint density at radius 1 is 1.07 bits per heavy atom. The molecule has 1 fully saturated rings. The smallest absolute Gasteiger partial charge is 0.410 e. The number of anilines is 3. The maximum Gasteiger partial charge on any atom is 0.410 e. The van der Waals surface area contributed by atoms with Crippen LogP contribution in [0.5, 0.6) is 0 Å². The highest BCUT2D eigenvalue weighted by atomic mass is 35.5. The summed E-state index contributed by atoms with van der Waals surface area (Å²) in [4.78, 5) is 47.4. The fourth-order valence-electron chi connectivity index (χ4n) is 6.98. The van der Waals surface area contributed by atoms with Gasteiger partial charge in [0.05, 0.1) is 34.6 Å². The van der Waals surface area contributed by atoms with Gasteiger partial charge in [-0.1, -0.05) is 35.9 Å². The summed E-state index contributed by atoms with van der Waals surface area (Å²) in [6.07, 6.45) is -0.856. The number of likely N-dealkylation sites (tertiary alicyclic amines) is 1. The van der Waals surface area contributed by atoms with Gasteiger partial charge < -0.3 is 29.9 Å². The number of halogens is 3. The van der Waals surface area contributed by atoms with Crippen LogP contribution in [0.1, 0.15) is 72.6 Å². The molecule has 2 amide bonds. The number of rotatable bonds is 8. The fraction of sp³-hybridized carbons (Fsp3) is 0.385. The molecular formula is C39H42ClF2N9O4. The summed E-state index contributed by atoms with van der Waals surface area (Å²) in [7, 11) is 1.77. The van der Waals surface area contributed by atoms with Crippen LogP contribution in [0.2, 0.25) is 5.02 Å². The highest BCUT2D eigenvalue weighted by Crippen LogP contribution is 2.39. The van der Waals surface area contributed by atoms with E-state index in [-0.39, 0.29) is 29.8 Å². The van der Waals surface area contributed by atoms with E-state index in [4.69, 9.17) is 16.3 Å². The lowest BCUT2D eigenvalue weighted by Gasteiger charge is -2.29. The van der Waals surface area contributed by atoms with Crippen molar-refractivity contribution in [1.82, 2.24) is 34.3 Å². The molecule has 0 radical (unpaired) electrons. The van der Waals surface area contributed by atoms with Crippen molar-refractivity contribution in [3.63, 3.8) is 0 Å². The van der Waals surface area contributed by atoms with Crippen molar-refractivity contribution in [3.05, 3.63) is 87.8 Å². The second-order valence-electron chi connectivity index (χ2n) is 14.9. The van der Waals surface area contributed by atoms with Gasteiger partial charge in [-0.15, -0.1) is 0 Å². The highest BCUT2D eigenvalue weighted by Gasteiger charge is 2.31. The van der Waals surface area contributed by atoms with E-state index < -0.39 is 29.9 Å². The zero-order valence-electron chi connectivity index (χ0n) is 31.2. The minimum Gasteiger partial charge on any atom is -0.444 e. The number of aliphatic hydroxyl groups excluding tert-OH is 1. The average Bonchev–Trinajstić information content (AvgIpc) is 3.70. The summed E-state index contributed by atoms with van der Waals surface area (Å²) in [5, 5.41) is 16.3. The number of carbonyl (C=O) groups is 2. The highest BCUT2D eigenvalue weighted by molar-refractivity contribution is 6.36. The molecule has 55 heavy (non-hydrogen) atoms. The van der Waals surface area contributed by atoms with Crippen LogP contribution >= 0.6 is 11.6 Å². The Morgan fingerprint density at radius 2 is 1.82 bits per heavy atom. The van der Waals surface area contributed by atoms with Crippen molar-refractivity contribution in [2.75, 3.05) is 30.3 Å². The number of amides is 2. The third-order valence-corrected chi connectivity index (χ3v) is 10.1. The normalized spacial score (nSPS) is 16.1. The SMILES string of the molecule is Cc1c(Nc2nc(C(F)F)nc3cc(CN4CC[C@@H](O)C4)cnc23)cccc1-c1cccc(NC(=O)c2nc3c(n2C)CCN(C(=O)OC(C)(C)C)C3)c1Cl. The van der Waals surface area contributed by atoms with Gasteiger partial charge >= 0.3 is 6.09 Å². The predicted molar refractivity (Wildman–Crippen MR) is 205 cm³/mol. The van der Waals surface area contributed by atoms with Crippen molar-refractivity contribution in [2.24, 2.45) is 7.05 Å². The van der Waals surface area contributed by atoms with Gasteiger partial charge in [0.15, 0.2) is 17.5 Å². The first-order chi connectivity index (χ1) is 26.1. The summed E-state index contributed by atoms with van der Waals surface area (Å²) >= 11 is 6.97. The van der Waals surface area contributed by atoms with E-state index in [2.05, 4.69) is 35.5 Å². The summed E-state index contributed by atoms with van der Waals surface area (Å²) in [5.74, 6) is -0.788. The van der Waals surface area contributed by atoms with Gasteiger partial charge in [-0.25, -0.2) is 28.5 Å². The van der Waals surface area contributed by atoms with Crippen LogP contribution in [0.15, 0.2) is 48.7 Å². The number of pyridine rings is 1. The lowest BCUT2D eigenvalue weighted by molar-refractivity contribution is 0.0220. The summed E-state index contributed by atoms with van der Waals surface area (Å²) in [6, 6.07) is 12.5. The number of ether oxygens (including phenoxy) is 1. The van der Waals surface area contributed by atoms with Crippen LogP contribution in [0.3, 0.4) is 0 Å². The van der Waals surface area contributed by atoms with E-state index in [0.29, 0.717) is 65.6 Å². The third kappa shape index (κ3) is 8.09.